The van der Waals surface area contributed by atoms with Crippen molar-refractivity contribution in [2.24, 2.45) is 4.99 Å². The number of hydrogen-bond acceptors (Lipinski definition) is 4. The molecule has 1 fully saturated rings. The molecule has 31 heavy (non-hydrogen) atoms. The number of aliphatic imine (C=N–C) groups is 1. The minimum Gasteiger partial charge on any atom is -0.367 e. The van der Waals surface area contributed by atoms with Crippen LogP contribution >= 0.6 is 0 Å². The Balaban J connectivity index is 1.30. The molecule has 0 bridgehead atoms. The summed E-state index contributed by atoms with van der Waals surface area (Å²) in [5.74, 6) is 0.592. The first kappa shape index (κ1) is 21.0. The minimum atomic E-state index is -0.559. The van der Waals surface area contributed by atoms with E-state index in [0.717, 1.165) is 49.3 Å². The summed E-state index contributed by atoms with van der Waals surface area (Å²) >= 11 is 0. The van der Waals surface area contributed by atoms with Crippen molar-refractivity contribution in [3.05, 3.63) is 60.1 Å². The second kappa shape index (κ2) is 9.72. The maximum atomic E-state index is 14.1. The molecule has 4 rings (SSSR count). The number of nitrogens with zero attached hydrogens (tertiary/aromatic N) is 5. The molecular formula is C22H27F2N7. The number of rotatable bonds is 7. The van der Waals surface area contributed by atoms with Gasteiger partial charge in [0.2, 0.25) is 0 Å². The molecule has 0 spiro atoms. The van der Waals surface area contributed by atoms with Crippen LogP contribution in [0.25, 0.3) is 5.65 Å². The van der Waals surface area contributed by atoms with Crippen LogP contribution in [0.4, 0.5) is 14.5 Å². The van der Waals surface area contributed by atoms with Crippen molar-refractivity contribution in [2.45, 2.75) is 32.2 Å². The number of hydrogen-bond donors (Lipinski definition) is 2. The summed E-state index contributed by atoms with van der Waals surface area (Å²) in [5.41, 5.74) is 1.28. The fourth-order valence-corrected chi connectivity index (χ4v) is 3.84. The summed E-state index contributed by atoms with van der Waals surface area (Å²) in [5, 5.41) is 15.1. The summed E-state index contributed by atoms with van der Waals surface area (Å²) in [6.45, 7) is 4.77. The van der Waals surface area contributed by atoms with E-state index in [2.05, 4.69) is 25.8 Å². The third kappa shape index (κ3) is 5.10. The second-order valence-corrected chi connectivity index (χ2v) is 7.58. The Labute approximate surface area is 180 Å². The smallest absolute Gasteiger partial charge is 0.191 e. The zero-order chi connectivity index (χ0) is 21.6. The highest BCUT2D eigenvalue weighted by Gasteiger charge is 2.25. The van der Waals surface area contributed by atoms with E-state index < -0.39 is 11.6 Å². The van der Waals surface area contributed by atoms with E-state index in [4.69, 9.17) is 0 Å². The van der Waals surface area contributed by atoms with Crippen LogP contribution in [0, 0.1) is 11.6 Å². The molecule has 1 aliphatic rings. The number of benzene rings is 1. The number of nitrogens with one attached hydrogen (secondary N) is 2. The van der Waals surface area contributed by atoms with Crippen LogP contribution in [0.3, 0.4) is 0 Å². The summed E-state index contributed by atoms with van der Waals surface area (Å²) in [7, 11) is 0. The average molecular weight is 428 g/mol. The quantitative estimate of drug-likeness (QED) is 0.345. The van der Waals surface area contributed by atoms with Crippen molar-refractivity contribution in [2.75, 3.05) is 31.1 Å². The highest BCUT2D eigenvalue weighted by atomic mass is 19.1. The maximum absolute atomic E-state index is 14.1. The molecule has 3 aromatic rings. The molecule has 0 aliphatic carbocycles. The fourth-order valence-electron chi connectivity index (χ4n) is 3.84. The van der Waals surface area contributed by atoms with Crippen LogP contribution in [0.5, 0.6) is 0 Å². The lowest BCUT2D eigenvalue weighted by atomic mass is 10.2. The van der Waals surface area contributed by atoms with Gasteiger partial charge in [-0.2, -0.15) is 0 Å². The van der Waals surface area contributed by atoms with E-state index >= 15 is 0 Å². The van der Waals surface area contributed by atoms with Crippen molar-refractivity contribution >= 4 is 17.3 Å². The van der Waals surface area contributed by atoms with Crippen LogP contribution in [-0.4, -0.2) is 52.8 Å². The standard InChI is InChI=1S/C22H27F2N7/c1-2-25-22(26-11-5-7-21-29-28-20-6-3-4-12-31(20)21)27-17-10-13-30(15-17)19-9-8-16(23)14-18(19)24/h3-4,6,8-9,12,14,17H,2,5,7,10-11,13,15H2,1H3,(H2,25,26,27). The van der Waals surface area contributed by atoms with Crippen molar-refractivity contribution in [3.8, 4) is 0 Å². The van der Waals surface area contributed by atoms with E-state index in [1.54, 1.807) is 0 Å². The van der Waals surface area contributed by atoms with Crippen LogP contribution in [0.15, 0.2) is 47.6 Å². The Kier molecular flexibility index (Phi) is 6.59. The molecule has 0 saturated carbocycles. The Bertz CT molecular complexity index is 1050. The molecule has 9 heteroatoms. The Morgan fingerprint density at radius 2 is 2.13 bits per heavy atom. The summed E-state index contributed by atoms with van der Waals surface area (Å²) in [6, 6.07) is 9.71. The van der Waals surface area contributed by atoms with Crippen LogP contribution in [0.1, 0.15) is 25.6 Å². The molecule has 7 nitrogen and oxygen atoms in total. The summed E-state index contributed by atoms with van der Waals surface area (Å²) in [6.07, 6.45) is 4.46. The zero-order valence-electron chi connectivity index (χ0n) is 17.6. The van der Waals surface area contributed by atoms with E-state index in [-0.39, 0.29) is 6.04 Å². The molecule has 1 atom stereocenters. The number of aryl methyl sites for hydroxylation is 1. The van der Waals surface area contributed by atoms with Crippen molar-refractivity contribution in [1.82, 2.24) is 25.2 Å². The fraction of sp³-hybridized carbons (Fsp3) is 0.409. The van der Waals surface area contributed by atoms with Gasteiger partial charge in [0.05, 0.1) is 5.69 Å². The van der Waals surface area contributed by atoms with Gasteiger partial charge in [0.1, 0.15) is 17.5 Å². The number of halogens is 2. The SMILES string of the molecule is CCNC(=NCCCc1nnc2ccccn12)NC1CCN(c2ccc(F)cc2F)C1. The monoisotopic (exact) mass is 427 g/mol. The van der Waals surface area contributed by atoms with E-state index in [1.807, 2.05) is 40.6 Å². The van der Waals surface area contributed by atoms with Gasteiger partial charge < -0.3 is 15.5 Å². The Morgan fingerprint density at radius 3 is 2.97 bits per heavy atom. The van der Waals surface area contributed by atoms with Crippen LogP contribution < -0.4 is 15.5 Å². The summed E-state index contributed by atoms with van der Waals surface area (Å²) < 4.78 is 29.3. The molecule has 1 saturated heterocycles. The van der Waals surface area contributed by atoms with Gasteiger partial charge >= 0.3 is 0 Å². The van der Waals surface area contributed by atoms with Gasteiger partial charge in [-0.25, -0.2) is 8.78 Å². The molecule has 0 amide bonds. The zero-order valence-corrected chi connectivity index (χ0v) is 17.6. The van der Waals surface area contributed by atoms with E-state index in [0.29, 0.717) is 25.3 Å². The second-order valence-electron chi connectivity index (χ2n) is 7.58. The predicted octanol–water partition coefficient (Wildman–Crippen LogP) is 2.77. The van der Waals surface area contributed by atoms with Crippen molar-refractivity contribution < 1.29 is 8.78 Å². The van der Waals surface area contributed by atoms with Gasteiger partial charge in [-0.05, 0) is 44.0 Å². The first-order chi connectivity index (χ1) is 15.1. The van der Waals surface area contributed by atoms with Gasteiger partial charge in [0.15, 0.2) is 11.6 Å². The van der Waals surface area contributed by atoms with Gasteiger partial charge in [0, 0.05) is 50.9 Å². The molecule has 3 heterocycles. The molecular weight excluding hydrogens is 400 g/mol. The molecule has 0 radical (unpaired) electrons. The topological polar surface area (TPSA) is 69.8 Å². The number of fused-ring (bicyclic) bond motifs is 1. The number of anilines is 1. The lowest BCUT2D eigenvalue weighted by Crippen LogP contribution is -2.44. The van der Waals surface area contributed by atoms with Gasteiger partial charge in [-0.3, -0.25) is 9.39 Å². The van der Waals surface area contributed by atoms with Gasteiger partial charge in [-0.15, -0.1) is 10.2 Å². The van der Waals surface area contributed by atoms with Gasteiger partial charge in [0.25, 0.3) is 0 Å². The highest BCUT2D eigenvalue weighted by molar-refractivity contribution is 5.80. The highest BCUT2D eigenvalue weighted by Crippen LogP contribution is 2.24. The third-order valence-corrected chi connectivity index (χ3v) is 5.34. The number of pyridine rings is 1. The number of guanidine groups is 1. The number of aromatic nitrogens is 3. The van der Waals surface area contributed by atoms with E-state index in [1.165, 1.54) is 12.1 Å². The lowest BCUT2D eigenvalue weighted by Gasteiger charge is -2.21. The lowest BCUT2D eigenvalue weighted by molar-refractivity contribution is 0.580. The largest absolute Gasteiger partial charge is 0.367 e. The normalized spacial score (nSPS) is 16.8. The molecule has 164 valence electrons. The first-order valence-electron chi connectivity index (χ1n) is 10.7. The van der Waals surface area contributed by atoms with Crippen LogP contribution in [-0.2, 0) is 6.42 Å². The molecule has 2 aromatic heterocycles. The average Bonchev–Trinajstić information content (AvgIpc) is 3.38. The van der Waals surface area contributed by atoms with Crippen molar-refractivity contribution in [3.63, 3.8) is 0 Å². The Hall–Kier alpha value is -3.23. The van der Waals surface area contributed by atoms with Gasteiger partial charge in [-0.1, -0.05) is 6.07 Å². The third-order valence-electron chi connectivity index (χ3n) is 5.34. The predicted molar refractivity (Wildman–Crippen MR) is 117 cm³/mol. The minimum absolute atomic E-state index is 0.141. The van der Waals surface area contributed by atoms with Crippen LogP contribution in [0.2, 0.25) is 0 Å². The first-order valence-corrected chi connectivity index (χ1v) is 10.7. The summed E-state index contributed by atoms with van der Waals surface area (Å²) in [4.78, 5) is 6.62. The molecule has 1 aliphatic heterocycles. The maximum Gasteiger partial charge on any atom is 0.191 e. The molecule has 2 N–H and O–H groups in total. The molecule has 1 aromatic carbocycles. The Morgan fingerprint density at radius 1 is 1.23 bits per heavy atom. The van der Waals surface area contributed by atoms with Crippen molar-refractivity contribution in [1.29, 1.82) is 0 Å². The van der Waals surface area contributed by atoms with E-state index in [9.17, 15) is 8.78 Å². The molecule has 1 unspecified atom stereocenters.